The highest BCUT2D eigenvalue weighted by Crippen LogP contribution is 2.13. The van der Waals surface area contributed by atoms with Gasteiger partial charge in [-0.25, -0.2) is 0 Å². The van der Waals surface area contributed by atoms with Crippen molar-refractivity contribution >= 4 is 5.78 Å². The molecule has 129 valence electrons. The molecule has 1 nitrogen and oxygen atoms in total. The van der Waals surface area contributed by atoms with Crippen LogP contribution in [0.3, 0.4) is 0 Å². The molecular weight excluding hydrogens is 280 g/mol. The Bertz CT molecular complexity index is 382. The van der Waals surface area contributed by atoms with Crippen molar-refractivity contribution in [3.05, 3.63) is 35.9 Å². The van der Waals surface area contributed by atoms with Gasteiger partial charge >= 0.3 is 0 Å². The summed E-state index contributed by atoms with van der Waals surface area (Å²) < 4.78 is 0. The van der Waals surface area contributed by atoms with Crippen LogP contribution in [-0.4, -0.2) is 5.78 Å². The van der Waals surface area contributed by atoms with Crippen LogP contribution in [-0.2, 0) is 0 Å². The third-order valence-corrected chi connectivity index (χ3v) is 4.52. The summed E-state index contributed by atoms with van der Waals surface area (Å²) in [7, 11) is 0. The summed E-state index contributed by atoms with van der Waals surface area (Å²) in [5.74, 6) is 0.244. The molecule has 0 bridgehead atoms. The fourth-order valence-corrected chi connectivity index (χ4v) is 3.00. The zero-order chi connectivity index (χ0) is 16.6. The van der Waals surface area contributed by atoms with E-state index in [9.17, 15) is 4.79 Å². The van der Waals surface area contributed by atoms with Crippen molar-refractivity contribution in [2.45, 2.75) is 96.8 Å². The first-order chi connectivity index (χ1) is 11.3. The van der Waals surface area contributed by atoms with E-state index in [-0.39, 0.29) is 5.78 Å². The molecule has 1 radical (unpaired) electrons. The van der Waals surface area contributed by atoms with Crippen LogP contribution in [0.15, 0.2) is 24.3 Å². The minimum Gasteiger partial charge on any atom is -0.294 e. The Morgan fingerprint density at radius 2 is 1.30 bits per heavy atom. The predicted molar refractivity (Wildman–Crippen MR) is 99.9 cm³/mol. The van der Waals surface area contributed by atoms with E-state index in [1.807, 2.05) is 24.3 Å². The van der Waals surface area contributed by atoms with E-state index in [0.29, 0.717) is 6.42 Å². The van der Waals surface area contributed by atoms with Gasteiger partial charge in [0.2, 0.25) is 0 Å². The maximum absolute atomic E-state index is 11.9. The summed E-state index contributed by atoms with van der Waals surface area (Å²) in [4.78, 5) is 11.9. The largest absolute Gasteiger partial charge is 0.294 e. The molecule has 1 rings (SSSR count). The number of rotatable bonds is 15. The van der Waals surface area contributed by atoms with Crippen LogP contribution in [0.5, 0.6) is 0 Å². The molecule has 0 N–H and O–H groups in total. The number of carbonyl (C=O) groups is 1. The minimum absolute atomic E-state index is 0.244. The first-order valence-corrected chi connectivity index (χ1v) is 9.84. The van der Waals surface area contributed by atoms with Crippen molar-refractivity contribution in [1.82, 2.24) is 0 Å². The SMILES string of the molecule is CCCCCCCCCCCCCCCC(=O)c1[c]cccc1. The van der Waals surface area contributed by atoms with Gasteiger partial charge < -0.3 is 0 Å². The van der Waals surface area contributed by atoms with E-state index in [1.54, 1.807) is 0 Å². The molecular formula is C22H35O. The molecule has 0 aromatic heterocycles. The summed E-state index contributed by atoms with van der Waals surface area (Å²) in [5.41, 5.74) is 0.742. The number of unbranched alkanes of at least 4 members (excludes halogenated alkanes) is 12. The molecule has 1 aromatic carbocycles. The molecule has 0 heterocycles. The van der Waals surface area contributed by atoms with Gasteiger partial charge in [-0.1, -0.05) is 108 Å². The van der Waals surface area contributed by atoms with Crippen molar-refractivity contribution in [3.63, 3.8) is 0 Å². The van der Waals surface area contributed by atoms with Gasteiger partial charge in [-0.3, -0.25) is 4.79 Å². The van der Waals surface area contributed by atoms with E-state index in [0.717, 1.165) is 12.0 Å². The molecule has 0 aliphatic heterocycles. The van der Waals surface area contributed by atoms with Gasteiger partial charge in [0, 0.05) is 12.0 Å². The van der Waals surface area contributed by atoms with Crippen LogP contribution in [0.1, 0.15) is 107 Å². The third-order valence-electron chi connectivity index (χ3n) is 4.52. The lowest BCUT2D eigenvalue weighted by Crippen LogP contribution is -1.98. The van der Waals surface area contributed by atoms with Crippen molar-refractivity contribution in [2.24, 2.45) is 0 Å². The normalized spacial score (nSPS) is 10.8. The lowest BCUT2D eigenvalue weighted by molar-refractivity contribution is 0.0979. The van der Waals surface area contributed by atoms with E-state index in [2.05, 4.69) is 13.0 Å². The monoisotopic (exact) mass is 315 g/mol. The molecule has 1 aromatic rings. The maximum atomic E-state index is 11.9. The summed E-state index contributed by atoms with van der Waals surface area (Å²) in [6, 6.07) is 10.5. The Balaban J connectivity index is 1.82. The molecule has 1 heteroatoms. The second-order valence-corrected chi connectivity index (χ2v) is 6.69. The Kier molecular flexibility index (Phi) is 12.6. The Hall–Kier alpha value is -1.11. The zero-order valence-corrected chi connectivity index (χ0v) is 15.1. The minimum atomic E-state index is 0.244. The molecule has 0 aliphatic rings. The Morgan fingerprint density at radius 1 is 0.783 bits per heavy atom. The number of hydrogen-bond acceptors (Lipinski definition) is 1. The second-order valence-electron chi connectivity index (χ2n) is 6.69. The lowest BCUT2D eigenvalue weighted by atomic mass is 10.0. The van der Waals surface area contributed by atoms with Crippen LogP contribution in [0.4, 0.5) is 0 Å². The lowest BCUT2D eigenvalue weighted by Gasteiger charge is -2.03. The van der Waals surface area contributed by atoms with E-state index in [1.165, 1.54) is 77.0 Å². The first kappa shape index (κ1) is 19.9. The van der Waals surface area contributed by atoms with E-state index >= 15 is 0 Å². The van der Waals surface area contributed by atoms with Crippen LogP contribution in [0.2, 0.25) is 0 Å². The van der Waals surface area contributed by atoms with Gasteiger partial charge in [-0.05, 0) is 12.5 Å². The summed E-state index contributed by atoms with van der Waals surface area (Å²) in [5, 5.41) is 0. The number of ketones is 1. The average Bonchev–Trinajstić information content (AvgIpc) is 2.59. The van der Waals surface area contributed by atoms with Gasteiger partial charge in [0.25, 0.3) is 0 Å². The third kappa shape index (κ3) is 11.1. The van der Waals surface area contributed by atoms with Crippen LogP contribution in [0, 0.1) is 6.07 Å². The first-order valence-electron chi connectivity index (χ1n) is 9.84. The molecule has 23 heavy (non-hydrogen) atoms. The molecule has 0 atom stereocenters. The van der Waals surface area contributed by atoms with Crippen molar-refractivity contribution < 1.29 is 4.79 Å². The molecule has 0 spiro atoms. The predicted octanol–water partition coefficient (Wildman–Crippen LogP) is 7.15. The molecule has 0 aliphatic carbocycles. The highest BCUT2D eigenvalue weighted by atomic mass is 16.1. The molecule has 0 amide bonds. The fraction of sp³-hybridized carbons (Fsp3) is 0.682. The van der Waals surface area contributed by atoms with Crippen LogP contribution < -0.4 is 0 Å². The second kappa shape index (κ2) is 14.5. The number of carbonyl (C=O) groups excluding carboxylic acids is 1. The number of Topliss-reactive ketones (excluding diaryl/α,β-unsaturated/α-hetero) is 1. The van der Waals surface area contributed by atoms with Gasteiger partial charge in [0.1, 0.15) is 0 Å². The zero-order valence-electron chi connectivity index (χ0n) is 15.1. The molecule has 0 unspecified atom stereocenters. The molecule has 0 fully saturated rings. The van der Waals surface area contributed by atoms with E-state index < -0.39 is 0 Å². The van der Waals surface area contributed by atoms with Gasteiger partial charge in [-0.15, -0.1) is 0 Å². The Labute approximate surface area is 143 Å². The van der Waals surface area contributed by atoms with E-state index in [4.69, 9.17) is 0 Å². The fourth-order valence-electron chi connectivity index (χ4n) is 3.00. The number of benzene rings is 1. The maximum Gasteiger partial charge on any atom is 0.163 e. The van der Waals surface area contributed by atoms with Gasteiger partial charge in [-0.2, -0.15) is 0 Å². The molecule has 0 saturated heterocycles. The number of hydrogen-bond donors (Lipinski definition) is 0. The summed E-state index contributed by atoms with van der Waals surface area (Å²) in [6.07, 6.45) is 18.1. The quantitative estimate of drug-likeness (QED) is 0.248. The highest BCUT2D eigenvalue weighted by molar-refractivity contribution is 5.95. The van der Waals surface area contributed by atoms with Gasteiger partial charge in [0.05, 0.1) is 0 Å². The Morgan fingerprint density at radius 3 is 1.78 bits per heavy atom. The van der Waals surface area contributed by atoms with Gasteiger partial charge in [0.15, 0.2) is 5.78 Å². The average molecular weight is 316 g/mol. The highest BCUT2D eigenvalue weighted by Gasteiger charge is 2.04. The van der Waals surface area contributed by atoms with Crippen molar-refractivity contribution in [2.75, 3.05) is 0 Å². The van der Waals surface area contributed by atoms with Crippen molar-refractivity contribution in [3.8, 4) is 0 Å². The van der Waals surface area contributed by atoms with Crippen LogP contribution in [0.25, 0.3) is 0 Å². The van der Waals surface area contributed by atoms with Crippen molar-refractivity contribution in [1.29, 1.82) is 0 Å². The molecule has 0 saturated carbocycles. The summed E-state index contributed by atoms with van der Waals surface area (Å²) in [6.45, 7) is 2.27. The topological polar surface area (TPSA) is 17.1 Å². The smallest absolute Gasteiger partial charge is 0.163 e. The standard InChI is InChI=1S/C22H35O/c1-2-3-4-5-6-7-8-9-10-11-12-13-17-20-22(23)21-18-15-14-16-19-21/h14-16,18H,2-13,17,20H2,1H3. The summed E-state index contributed by atoms with van der Waals surface area (Å²) >= 11 is 0. The van der Waals surface area contributed by atoms with Crippen LogP contribution >= 0.6 is 0 Å².